The molecule has 0 aromatic heterocycles. The van der Waals surface area contributed by atoms with Gasteiger partial charge in [-0.1, -0.05) is 47.7 Å². The second-order valence-electron chi connectivity index (χ2n) is 5.86. The highest BCUT2D eigenvalue weighted by Gasteiger charge is 2.24. The Morgan fingerprint density at radius 1 is 1.23 bits per heavy atom. The number of halogens is 1. The number of nitrogens with zero attached hydrogens (tertiary/aromatic N) is 1. The summed E-state index contributed by atoms with van der Waals surface area (Å²) >= 11 is 5.99. The molecule has 1 atom stereocenters. The van der Waals surface area contributed by atoms with E-state index in [1.165, 1.54) is 16.7 Å². The van der Waals surface area contributed by atoms with Crippen molar-refractivity contribution in [1.29, 1.82) is 0 Å². The van der Waals surface area contributed by atoms with Crippen molar-refractivity contribution >= 4 is 11.6 Å². The lowest BCUT2D eigenvalue weighted by atomic mass is 9.90. The monoisotopic (exact) mass is 309 g/mol. The van der Waals surface area contributed by atoms with Crippen molar-refractivity contribution in [3.8, 4) is 11.8 Å². The summed E-state index contributed by atoms with van der Waals surface area (Å²) in [5, 5.41) is 0.739. The summed E-state index contributed by atoms with van der Waals surface area (Å²) in [5.74, 6) is 6.51. The molecule has 0 aliphatic carbocycles. The van der Waals surface area contributed by atoms with E-state index in [4.69, 9.17) is 11.6 Å². The molecule has 0 saturated heterocycles. The first-order valence-electron chi connectivity index (χ1n) is 7.72. The SMILES string of the molecule is Cc1cccc2c1C(C)N(CC#Cc1cccc(Cl)c1)CC2. The topological polar surface area (TPSA) is 3.24 Å². The second kappa shape index (κ2) is 6.57. The van der Waals surface area contributed by atoms with E-state index in [1.807, 2.05) is 24.3 Å². The third-order valence-electron chi connectivity index (χ3n) is 4.39. The van der Waals surface area contributed by atoms with Gasteiger partial charge in [0.05, 0.1) is 6.54 Å². The minimum Gasteiger partial charge on any atom is -0.285 e. The second-order valence-corrected chi connectivity index (χ2v) is 6.29. The molecular weight excluding hydrogens is 290 g/mol. The van der Waals surface area contributed by atoms with Crippen molar-refractivity contribution in [1.82, 2.24) is 4.90 Å². The molecule has 1 unspecified atom stereocenters. The van der Waals surface area contributed by atoms with Crippen LogP contribution in [0.1, 0.15) is 35.2 Å². The van der Waals surface area contributed by atoms with Crippen molar-refractivity contribution in [3.63, 3.8) is 0 Å². The maximum absolute atomic E-state index is 5.99. The average Bonchev–Trinajstić information content (AvgIpc) is 2.50. The fraction of sp³-hybridized carbons (Fsp3) is 0.300. The van der Waals surface area contributed by atoms with Gasteiger partial charge in [-0.3, -0.25) is 4.90 Å². The Kier molecular flexibility index (Phi) is 4.52. The van der Waals surface area contributed by atoms with Crippen LogP contribution in [-0.2, 0) is 6.42 Å². The van der Waals surface area contributed by atoms with Crippen molar-refractivity contribution in [2.24, 2.45) is 0 Å². The number of benzene rings is 2. The molecule has 1 aliphatic heterocycles. The third kappa shape index (κ3) is 3.19. The van der Waals surface area contributed by atoms with Crippen LogP contribution in [-0.4, -0.2) is 18.0 Å². The molecule has 0 spiro atoms. The van der Waals surface area contributed by atoms with Gasteiger partial charge in [0.15, 0.2) is 0 Å². The summed E-state index contributed by atoms with van der Waals surface area (Å²) in [6, 6.07) is 14.8. The highest BCUT2D eigenvalue weighted by atomic mass is 35.5. The molecule has 0 radical (unpaired) electrons. The van der Waals surface area contributed by atoms with Gasteiger partial charge in [-0.15, -0.1) is 0 Å². The molecule has 0 saturated carbocycles. The zero-order valence-corrected chi connectivity index (χ0v) is 13.8. The molecule has 0 bridgehead atoms. The maximum atomic E-state index is 5.99. The predicted molar refractivity (Wildman–Crippen MR) is 93.2 cm³/mol. The van der Waals surface area contributed by atoms with Crippen LogP contribution in [0.3, 0.4) is 0 Å². The molecule has 3 rings (SSSR count). The molecule has 1 heterocycles. The highest BCUT2D eigenvalue weighted by molar-refractivity contribution is 6.30. The summed E-state index contributed by atoms with van der Waals surface area (Å²) in [5.41, 5.74) is 5.34. The van der Waals surface area contributed by atoms with Crippen LogP contribution in [0.4, 0.5) is 0 Å². The first-order chi connectivity index (χ1) is 10.6. The molecule has 2 aromatic carbocycles. The Hall–Kier alpha value is -1.75. The van der Waals surface area contributed by atoms with Crippen LogP contribution in [0.5, 0.6) is 0 Å². The summed E-state index contributed by atoms with van der Waals surface area (Å²) in [7, 11) is 0. The van der Waals surface area contributed by atoms with Gasteiger partial charge >= 0.3 is 0 Å². The molecule has 2 aromatic rings. The molecule has 0 amide bonds. The largest absolute Gasteiger partial charge is 0.285 e. The number of hydrogen-bond acceptors (Lipinski definition) is 1. The van der Waals surface area contributed by atoms with Crippen LogP contribution in [0.2, 0.25) is 5.02 Å². The van der Waals surface area contributed by atoms with Crippen LogP contribution in [0.15, 0.2) is 42.5 Å². The van der Waals surface area contributed by atoms with Crippen LogP contribution in [0.25, 0.3) is 0 Å². The first kappa shape index (κ1) is 15.2. The molecule has 0 fully saturated rings. The van der Waals surface area contributed by atoms with Crippen LogP contribution in [0, 0.1) is 18.8 Å². The molecular formula is C20H20ClN. The molecule has 1 nitrogen and oxygen atoms in total. The molecule has 1 aliphatic rings. The summed E-state index contributed by atoms with van der Waals surface area (Å²) in [6.45, 7) is 6.35. The van der Waals surface area contributed by atoms with Crippen molar-refractivity contribution in [2.45, 2.75) is 26.3 Å². The van der Waals surface area contributed by atoms with E-state index in [0.717, 1.165) is 30.1 Å². The fourth-order valence-corrected chi connectivity index (χ4v) is 3.41. The van der Waals surface area contributed by atoms with E-state index < -0.39 is 0 Å². The minimum atomic E-state index is 0.429. The lowest BCUT2D eigenvalue weighted by molar-refractivity contribution is 0.224. The minimum absolute atomic E-state index is 0.429. The average molecular weight is 310 g/mol. The Morgan fingerprint density at radius 3 is 2.86 bits per heavy atom. The molecule has 2 heteroatoms. The quantitative estimate of drug-likeness (QED) is 0.695. The van der Waals surface area contributed by atoms with E-state index in [0.29, 0.717) is 6.04 Å². The Labute approximate surface area is 137 Å². The lowest BCUT2D eigenvalue weighted by Crippen LogP contribution is -2.34. The van der Waals surface area contributed by atoms with Crippen LogP contribution >= 0.6 is 11.6 Å². The van der Waals surface area contributed by atoms with Gasteiger partial charge in [-0.05, 0) is 55.2 Å². The summed E-state index contributed by atoms with van der Waals surface area (Å²) in [6.07, 6.45) is 1.11. The highest BCUT2D eigenvalue weighted by Crippen LogP contribution is 2.31. The van der Waals surface area contributed by atoms with Gasteiger partial charge in [0.2, 0.25) is 0 Å². The smallest absolute Gasteiger partial charge is 0.0610 e. The number of hydrogen-bond donors (Lipinski definition) is 0. The van der Waals surface area contributed by atoms with Gasteiger partial charge < -0.3 is 0 Å². The molecule has 112 valence electrons. The Morgan fingerprint density at radius 2 is 2.05 bits per heavy atom. The third-order valence-corrected chi connectivity index (χ3v) is 4.62. The van der Waals surface area contributed by atoms with Gasteiger partial charge in [0.1, 0.15) is 0 Å². The van der Waals surface area contributed by atoms with Gasteiger partial charge in [0, 0.05) is 23.2 Å². The predicted octanol–water partition coefficient (Wildman–Crippen LogP) is 4.62. The lowest BCUT2D eigenvalue weighted by Gasteiger charge is -2.35. The van der Waals surface area contributed by atoms with Gasteiger partial charge in [-0.25, -0.2) is 0 Å². The number of rotatable bonds is 1. The zero-order chi connectivity index (χ0) is 15.5. The molecule has 0 N–H and O–H groups in total. The van der Waals surface area contributed by atoms with E-state index in [2.05, 4.69) is 48.8 Å². The summed E-state index contributed by atoms with van der Waals surface area (Å²) < 4.78 is 0. The van der Waals surface area contributed by atoms with Crippen molar-refractivity contribution in [2.75, 3.05) is 13.1 Å². The van der Waals surface area contributed by atoms with Crippen molar-refractivity contribution < 1.29 is 0 Å². The van der Waals surface area contributed by atoms with E-state index >= 15 is 0 Å². The van der Waals surface area contributed by atoms with E-state index in [1.54, 1.807) is 0 Å². The maximum Gasteiger partial charge on any atom is 0.0610 e. The van der Waals surface area contributed by atoms with Gasteiger partial charge in [0.25, 0.3) is 0 Å². The van der Waals surface area contributed by atoms with E-state index in [9.17, 15) is 0 Å². The molecule has 22 heavy (non-hydrogen) atoms. The first-order valence-corrected chi connectivity index (χ1v) is 8.10. The Balaban J connectivity index is 1.74. The number of fused-ring (bicyclic) bond motifs is 1. The van der Waals surface area contributed by atoms with Crippen molar-refractivity contribution in [3.05, 3.63) is 69.7 Å². The van der Waals surface area contributed by atoms with Gasteiger partial charge in [-0.2, -0.15) is 0 Å². The zero-order valence-electron chi connectivity index (χ0n) is 13.1. The fourth-order valence-electron chi connectivity index (χ4n) is 3.22. The van der Waals surface area contributed by atoms with E-state index in [-0.39, 0.29) is 0 Å². The standard InChI is InChI=1S/C20H20ClN/c1-15-6-3-9-18-11-13-22(16(2)20(15)18)12-5-8-17-7-4-10-19(21)14-17/h3-4,6-7,9-10,14,16H,11-13H2,1-2H3. The van der Waals surface area contributed by atoms with Crippen LogP contribution < -0.4 is 0 Å². The summed E-state index contributed by atoms with van der Waals surface area (Å²) in [4.78, 5) is 2.45. The normalized spacial score (nSPS) is 17.5. The Bertz CT molecular complexity index is 739. The number of aryl methyl sites for hydroxylation is 1.